The van der Waals surface area contributed by atoms with Gasteiger partial charge in [0.25, 0.3) is 0 Å². The van der Waals surface area contributed by atoms with Crippen molar-refractivity contribution in [1.82, 2.24) is 0 Å². The maximum absolute atomic E-state index is 10.8. The fourth-order valence-electron chi connectivity index (χ4n) is 1.87. The molecule has 1 aromatic rings. The highest BCUT2D eigenvalue weighted by Gasteiger charge is 2.21. The van der Waals surface area contributed by atoms with E-state index in [1.54, 1.807) is 12.1 Å². The Kier molecular flexibility index (Phi) is 5.85. The van der Waals surface area contributed by atoms with Gasteiger partial charge in [0.15, 0.2) is 5.12 Å². The summed E-state index contributed by atoms with van der Waals surface area (Å²) in [7, 11) is 0. The van der Waals surface area contributed by atoms with Crippen LogP contribution in [0, 0.1) is 13.8 Å². The average Bonchev–Trinajstić information content (AvgIpc) is 2.35. The standard InChI is InChI=1S/C14H21NO3S/c1-8-9(2)12(15)5-4-11(8)14(18)13(17)6-7-19-10(3)16/h4-5,13-14,17-18H,6-7,15H2,1-3H3. The summed E-state index contributed by atoms with van der Waals surface area (Å²) >= 11 is 1.15. The lowest BCUT2D eigenvalue weighted by Gasteiger charge is -2.21. The fourth-order valence-corrected chi connectivity index (χ4v) is 2.52. The molecule has 0 aliphatic rings. The van der Waals surface area contributed by atoms with E-state index in [0.717, 1.165) is 22.9 Å². The minimum atomic E-state index is -0.952. The molecule has 0 heterocycles. The molecule has 4 N–H and O–H groups in total. The van der Waals surface area contributed by atoms with Gasteiger partial charge < -0.3 is 15.9 Å². The SMILES string of the molecule is CC(=O)SCCC(O)C(O)c1ccc(N)c(C)c1C. The number of hydrogen-bond donors (Lipinski definition) is 3. The molecule has 1 aromatic carbocycles. The summed E-state index contributed by atoms with van der Waals surface area (Å²) in [6.45, 7) is 5.25. The molecule has 0 saturated heterocycles. The third-order valence-electron chi connectivity index (χ3n) is 3.27. The lowest BCUT2D eigenvalue weighted by molar-refractivity contribution is -0.109. The first-order chi connectivity index (χ1) is 8.84. The maximum atomic E-state index is 10.8. The topological polar surface area (TPSA) is 83.5 Å². The zero-order valence-electron chi connectivity index (χ0n) is 11.5. The van der Waals surface area contributed by atoms with Crippen LogP contribution < -0.4 is 5.73 Å². The number of anilines is 1. The van der Waals surface area contributed by atoms with Gasteiger partial charge in [-0.05, 0) is 43.0 Å². The normalized spacial score (nSPS) is 14.2. The Hall–Kier alpha value is -1.04. The van der Waals surface area contributed by atoms with Gasteiger partial charge in [0.05, 0.1) is 6.10 Å². The van der Waals surface area contributed by atoms with Gasteiger partial charge >= 0.3 is 0 Å². The summed E-state index contributed by atoms with van der Waals surface area (Å²) in [5, 5.41) is 20.1. The number of thioether (sulfide) groups is 1. The quantitative estimate of drug-likeness (QED) is 0.719. The van der Waals surface area contributed by atoms with E-state index in [9.17, 15) is 15.0 Å². The van der Waals surface area contributed by atoms with Gasteiger partial charge in [-0.15, -0.1) is 0 Å². The summed E-state index contributed by atoms with van der Waals surface area (Å²) in [6, 6.07) is 3.47. The van der Waals surface area contributed by atoms with Crippen LogP contribution in [0.25, 0.3) is 0 Å². The van der Waals surface area contributed by atoms with Crippen molar-refractivity contribution in [3.05, 3.63) is 28.8 Å². The third-order valence-corrected chi connectivity index (χ3v) is 4.12. The van der Waals surface area contributed by atoms with Crippen LogP contribution in [0.2, 0.25) is 0 Å². The second-order valence-corrected chi connectivity index (χ2v) is 5.91. The predicted octanol–water partition coefficient (Wildman–Crippen LogP) is 1.95. The molecule has 0 bridgehead atoms. The van der Waals surface area contributed by atoms with E-state index in [1.165, 1.54) is 6.92 Å². The molecule has 0 fully saturated rings. The Bertz CT molecular complexity index is 462. The second-order valence-electron chi connectivity index (χ2n) is 4.63. The maximum Gasteiger partial charge on any atom is 0.185 e. The number of carbonyl (C=O) groups excluding carboxylic acids is 1. The minimum absolute atomic E-state index is 0.0150. The molecule has 2 atom stereocenters. The van der Waals surface area contributed by atoms with Gasteiger partial charge in [0.2, 0.25) is 0 Å². The van der Waals surface area contributed by atoms with Crippen molar-refractivity contribution in [3.63, 3.8) is 0 Å². The molecule has 0 amide bonds. The number of carbonyl (C=O) groups is 1. The molecule has 4 nitrogen and oxygen atoms in total. The number of rotatable bonds is 5. The first kappa shape index (κ1) is 16.0. The lowest BCUT2D eigenvalue weighted by atomic mass is 9.94. The van der Waals surface area contributed by atoms with E-state index < -0.39 is 12.2 Å². The molecule has 19 heavy (non-hydrogen) atoms. The van der Waals surface area contributed by atoms with Crippen LogP contribution in [0.3, 0.4) is 0 Å². The summed E-state index contributed by atoms with van der Waals surface area (Å²) in [5.41, 5.74) is 8.97. The zero-order chi connectivity index (χ0) is 14.6. The van der Waals surface area contributed by atoms with Crippen LogP contribution >= 0.6 is 11.8 Å². The number of aliphatic hydroxyl groups excluding tert-OH is 2. The number of nitrogen functional groups attached to an aromatic ring is 1. The molecular weight excluding hydrogens is 262 g/mol. The predicted molar refractivity (Wildman–Crippen MR) is 79.1 cm³/mol. The van der Waals surface area contributed by atoms with Gasteiger partial charge in [-0.25, -0.2) is 0 Å². The van der Waals surface area contributed by atoms with Crippen LogP contribution in [0.15, 0.2) is 12.1 Å². The average molecular weight is 283 g/mol. The van der Waals surface area contributed by atoms with Crippen LogP contribution in [0.5, 0.6) is 0 Å². The summed E-state index contributed by atoms with van der Waals surface area (Å²) < 4.78 is 0. The molecule has 2 unspecified atom stereocenters. The van der Waals surface area contributed by atoms with Crippen molar-refractivity contribution in [2.75, 3.05) is 11.5 Å². The van der Waals surface area contributed by atoms with E-state index in [0.29, 0.717) is 23.4 Å². The fraction of sp³-hybridized carbons (Fsp3) is 0.500. The molecule has 0 aliphatic heterocycles. The summed E-state index contributed by atoms with van der Waals surface area (Å²) in [4.78, 5) is 10.8. The molecule has 0 aliphatic carbocycles. The van der Waals surface area contributed by atoms with E-state index in [4.69, 9.17) is 5.73 Å². The second kappa shape index (κ2) is 6.93. The van der Waals surface area contributed by atoms with E-state index in [1.807, 2.05) is 13.8 Å². The van der Waals surface area contributed by atoms with Crippen molar-refractivity contribution in [2.45, 2.75) is 39.4 Å². The zero-order valence-corrected chi connectivity index (χ0v) is 12.3. The van der Waals surface area contributed by atoms with E-state index in [2.05, 4.69) is 0 Å². The summed E-state index contributed by atoms with van der Waals surface area (Å²) in [6.07, 6.45) is -1.46. The van der Waals surface area contributed by atoms with E-state index >= 15 is 0 Å². The lowest BCUT2D eigenvalue weighted by Crippen LogP contribution is -2.20. The van der Waals surface area contributed by atoms with Gasteiger partial charge in [-0.1, -0.05) is 17.8 Å². The highest BCUT2D eigenvalue weighted by Crippen LogP contribution is 2.27. The monoisotopic (exact) mass is 283 g/mol. The van der Waals surface area contributed by atoms with Crippen LogP contribution in [-0.2, 0) is 4.79 Å². The largest absolute Gasteiger partial charge is 0.399 e. The third kappa shape index (κ3) is 4.23. The number of benzene rings is 1. The van der Waals surface area contributed by atoms with Crippen molar-refractivity contribution in [2.24, 2.45) is 0 Å². The van der Waals surface area contributed by atoms with Gasteiger partial charge in [-0.2, -0.15) is 0 Å². The van der Waals surface area contributed by atoms with Crippen molar-refractivity contribution >= 4 is 22.6 Å². The molecule has 0 aromatic heterocycles. The number of hydrogen-bond acceptors (Lipinski definition) is 5. The van der Waals surface area contributed by atoms with Crippen molar-refractivity contribution in [3.8, 4) is 0 Å². The molecule has 106 valence electrons. The van der Waals surface area contributed by atoms with E-state index in [-0.39, 0.29) is 5.12 Å². The molecule has 0 spiro atoms. The Balaban J connectivity index is 2.74. The smallest absolute Gasteiger partial charge is 0.185 e. The van der Waals surface area contributed by atoms with Gasteiger partial charge in [0.1, 0.15) is 6.10 Å². The highest BCUT2D eigenvalue weighted by molar-refractivity contribution is 8.13. The molecular formula is C14H21NO3S. The van der Waals surface area contributed by atoms with Crippen molar-refractivity contribution < 1.29 is 15.0 Å². The van der Waals surface area contributed by atoms with Gasteiger partial charge in [-0.3, -0.25) is 4.79 Å². The van der Waals surface area contributed by atoms with Crippen LogP contribution in [0.1, 0.15) is 36.1 Å². The van der Waals surface area contributed by atoms with Crippen LogP contribution in [-0.4, -0.2) is 27.2 Å². The minimum Gasteiger partial charge on any atom is -0.399 e. The molecule has 5 heteroatoms. The highest BCUT2D eigenvalue weighted by atomic mass is 32.2. The van der Waals surface area contributed by atoms with Gasteiger partial charge in [0, 0.05) is 18.4 Å². The first-order valence-electron chi connectivity index (χ1n) is 6.19. The van der Waals surface area contributed by atoms with Crippen molar-refractivity contribution in [1.29, 1.82) is 0 Å². The molecule has 0 radical (unpaired) electrons. The Morgan fingerprint density at radius 2 is 1.95 bits per heavy atom. The Morgan fingerprint density at radius 1 is 1.32 bits per heavy atom. The number of aliphatic hydroxyl groups is 2. The Labute approximate surface area is 118 Å². The van der Waals surface area contributed by atoms with Crippen LogP contribution in [0.4, 0.5) is 5.69 Å². The summed E-state index contributed by atoms with van der Waals surface area (Å²) in [5.74, 6) is 0.501. The number of nitrogens with two attached hydrogens (primary N) is 1. The Morgan fingerprint density at radius 3 is 2.53 bits per heavy atom. The molecule has 1 rings (SSSR count). The molecule has 0 saturated carbocycles. The first-order valence-corrected chi connectivity index (χ1v) is 7.18.